The number of nitrogens with one attached hydrogen (secondary N) is 1. The topological polar surface area (TPSA) is 59.6 Å². The van der Waals surface area contributed by atoms with Crippen LogP contribution < -0.4 is 5.32 Å². The fourth-order valence-corrected chi connectivity index (χ4v) is 1.14. The summed E-state index contributed by atoms with van der Waals surface area (Å²) in [5.41, 5.74) is 1.43. The molecule has 0 spiro atoms. The molecule has 15 heavy (non-hydrogen) atoms. The van der Waals surface area contributed by atoms with Crippen LogP contribution in [0.4, 0.5) is 10.1 Å². The quantitative estimate of drug-likeness (QED) is 0.763. The van der Waals surface area contributed by atoms with Crippen molar-refractivity contribution in [1.29, 1.82) is 10.5 Å². The molecule has 0 amide bonds. The summed E-state index contributed by atoms with van der Waals surface area (Å²) >= 11 is 0. The Bertz CT molecular complexity index is 415. The highest BCUT2D eigenvalue weighted by Gasteiger charge is 2.01. The first-order chi connectivity index (χ1) is 7.31. The molecule has 0 saturated carbocycles. The van der Waals surface area contributed by atoms with Gasteiger partial charge in [0.2, 0.25) is 0 Å². The fraction of sp³-hybridized carbons (Fsp3) is 0.273. The van der Waals surface area contributed by atoms with Gasteiger partial charge >= 0.3 is 0 Å². The van der Waals surface area contributed by atoms with E-state index >= 15 is 0 Å². The highest BCUT2D eigenvalue weighted by atomic mass is 19.1. The molecule has 0 aliphatic heterocycles. The minimum atomic E-state index is -0.367. The molecular formula is C11H10FN3. The van der Waals surface area contributed by atoms with Crippen molar-refractivity contribution in [2.45, 2.75) is 6.42 Å². The molecule has 0 heterocycles. The first kappa shape index (κ1) is 11.0. The third-order valence-electron chi connectivity index (χ3n) is 1.90. The number of benzene rings is 1. The molecule has 1 aromatic carbocycles. The summed E-state index contributed by atoms with van der Waals surface area (Å²) in [6.07, 6.45) is 0.432. The molecule has 3 nitrogen and oxygen atoms in total. The molecule has 1 aromatic rings. The lowest BCUT2D eigenvalue weighted by atomic mass is 10.1. The van der Waals surface area contributed by atoms with E-state index in [-0.39, 0.29) is 6.67 Å². The van der Waals surface area contributed by atoms with Crippen LogP contribution in [0.3, 0.4) is 0 Å². The van der Waals surface area contributed by atoms with Crippen LogP contribution in [0.15, 0.2) is 18.2 Å². The number of halogens is 1. The molecule has 76 valence electrons. The van der Waals surface area contributed by atoms with Crippen molar-refractivity contribution in [3.63, 3.8) is 0 Å². The maximum Gasteiger partial charge on any atom is 0.101 e. The van der Waals surface area contributed by atoms with Crippen LogP contribution in [0, 0.1) is 22.7 Å². The number of hydrogen-bond donors (Lipinski definition) is 1. The molecule has 0 unspecified atom stereocenters. The summed E-state index contributed by atoms with van der Waals surface area (Å²) in [7, 11) is 0. The summed E-state index contributed by atoms with van der Waals surface area (Å²) in [5, 5.41) is 20.4. The molecule has 0 aromatic heterocycles. The molecule has 0 radical (unpaired) electrons. The second-order valence-corrected chi connectivity index (χ2v) is 2.95. The van der Waals surface area contributed by atoms with Gasteiger partial charge in [0.05, 0.1) is 17.8 Å². The van der Waals surface area contributed by atoms with Crippen LogP contribution in [0.25, 0.3) is 0 Å². The Morgan fingerprint density at radius 2 is 1.93 bits per heavy atom. The normalized spacial score (nSPS) is 9.00. The summed E-state index contributed by atoms with van der Waals surface area (Å²) in [6.45, 7) is 0.154. The molecule has 1 rings (SSSR count). The van der Waals surface area contributed by atoms with Gasteiger partial charge in [0, 0.05) is 12.2 Å². The van der Waals surface area contributed by atoms with Gasteiger partial charge in [-0.15, -0.1) is 0 Å². The average Bonchev–Trinajstić information content (AvgIpc) is 2.29. The third kappa shape index (κ3) is 2.96. The molecule has 0 aliphatic carbocycles. The van der Waals surface area contributed by atoms with Gasteiger partial charge in [-0.25, -0.2) is 0 Å². The summed E-state index contributed by atoms with van der Waals surface area (Å²) in [5.74, 6) is 0. The van der Waals surface area contributed by atoms with E-state index < -0.39 is 0 Å². The number of anilines is 1. The van der Waals surface area contributed by atoms with Gasteiger partial charge in [-0.05, 0) is 24.6 Å². The number of hydrogen-bond acceptors (Lipinski definition) is 3. The zero-order chi connectivity index (χ0) is 11.1. The lowest BCUT2D eigenvalue weighted by Gasteiger charge is -2.05. The average molecular weight is 203 g/mol. The Hall–Kier alpha value is -2.07. The van der Waals surface area contributed by atoms with Crippen LogP contribution in [0.5, 0.6) is 0 Å². The highest BCUT2D eigenvalue weighted by molar-refractivity contribution is 5.56. The van der Waals surface area contributed by atoms with Gasteiger partial charge in [-0.1, -0.05) is 0 Å². The lowest BCUT2D eigenvalue weighted by Crippen LogP contribution is -2.02. The Morgan fingerprint density at radius 3 is 2.53 bits per heavy atom. The van der Waals surface area contributed by atoms with Gasteiger partial charge < -0.3 is 5.32 Å². The molecule has 0 aliphatic rings. The Morgan fingerprint density at radius 1 is 1.20 bits per heavy atom. The van der Waals surface area contributed by atoms with Gasteiger partial charge in [0.15, 0.2) is 0 Å². The second-order valence-electron chi connectivity index (χ2n) is 2.95. The minimum absolute atomic E-state index is 0.336. The number of rotatable bonds is 4. The van der Waals surface area contributed by atoms with Crippen LogP contribution in [0.1, 0.15) is 17.5 Å². The first-order valence-electron chi connectivity index (χ1n) is 4.56. The Labute approximate surface area is 87.8 Å². The van der Waals surface area contributed by atoms with Crippen molar-refractivity contribution in [3.8, 4) is 12.1 Å². The summed E-state index contributed by atoms with van der Waals surface area (Å²) in [4.78, 5) is 0. The molecule has 0 fully saturated rings. The van der Waals surface area contributed by atoms with Crippen molar-refractivity contribution in [3.05, 3.63) is 29.3 Å². The predicted octanol–water partition coefficient (Wildman–Crippen LogP) is 2.20. The zero-order valence-electron chi connectivity index (χ0n) is 8.13. The molecule has 1 N–H and O–H groups in total. The van der Waals surface area contributed by atoms with Gasteiger partial charge in [0.1, 0.15) is 12.1 Å². The molecular weight excluding hydrogens is 193 g/mol. The number of nitriles is 2. The van der Waals surface area contributed by atoms with Crippen molar-refractivity contribution in [2.24, 2.45) is 0 Å². The van der Waals surface area contributed by atoms with Gasteiger partial charge in [-0.2, -0.15) is 10.5 Å². The van der Waals surface area contributed by atoms with Crippen molar-refractivity contribution >= 4 is 5.69 Å². The van der Waals surface area contributed by atoms with E-state index in [4.69, 9.17) is 10.5 Å². The smallest absolute Gasteiger partial charge is 0.101 e. The van der Waals surface area contributed by atoms with E-state index in [0.717, 1.165) is 5.69 Å². The SMILES string of the molecule is N#Cc1ccc(NCCCF)cc1C#N. The monoisotopic (exact) mass is 203 g/mol. The highest BCUT2D eigenvalue weighted by Crippen LogP contribution is 2.14. The van der Waals surface area contributed by atoms with Crippen LogP contribution in [-0.4, -0.2) is 13.2 Å². The van der Waals surface area contributed by atoms with E-state index in [0.29, 0.717) is 24.1 Å². The van der Waals surface area contributed by atoms with Crippen LogP contribution in [-0.2, 0) is 0 Å². The maximum atomic E-state index is 11.8. The molecule has 0 atom stereocenters. The predicted molar refractivity (Wildman–Crippen MR) is 55.0 cm³/mol. The van der Waals surface area contributed by atoms with E-state index in [1.54, 1.807) is 18.2 Å². The van der Waals surface area contributed by atoms with Crippen LogP contribution in [0.2, 0.25) is 0 Å². The first-order valence-corrected chi connectivity index (χ1v) is 4.56. The molecule has 0 saturated heterocycles. The van der Waals surface area contributed by atoms with Gasteiger partial charge in [-0.3, -0.25) is 4.39 Å². The standard InChI is InChI=1S/C11H10FN3/c12-4-1-5-15-11-3-2-9(7-13)10(6-11)8-14/h2-3,6,15H,1,4-5H2. The Balaban J connectivity index is 2.77. The third-order valence-corrected chi connectivity index (χ3v) is 1.90. The lowest BCUT2D eigenvalue weighted by molar-refractivity contribution is 0.481. The van der Waals surface area contributed by atoms with E-state index in [1.165, 1.54) is 0 Å². The van der Waals surface area contributed by atoms with Gasteiger partial charge in [0.25, 0.3) is 0 Å². The summed E-state index contributed by atoms with van der Waals surface area (Å²) < 4.78 is 11.8. The Kier molecular flexibility index (Phi) is 4.12. The van der Waals surface area contributed by atoms with E-state index in [2.05, 4.69) is 5.32 Å². The molecule has 0 bridgehead atoms. The van der Waals surface area contributed by atoms with Crippen molar-refractivity contribution in [1.82, 2.24) is 0 Å². The van der Waals surface area contributed by atoms with E-state index in [9.17, 15) is 4.39 Å². The summed E-state index contributed by atoms with van der Waals surface area (Å²) in [6, 6.07) is 8.75. The second kappa shape index (κ2) is 5.62. The number of alkyl halides is 1. The molecule has 4 heteroatoms. The van der Waals surface area contributed by atoms with E-state index in [1.807, 2.05) is 12.1 Å². The van der Waals surface area contributed by atoms with Crippen LogP contribution >= 0.6 is 0 Å². The number of nitrogens with zero attached hydrogens (tertiary/aromatic N) is 2. The zero-order valence-corrected chi connectivity index (χ0v) is 8.13. The largest absolute Gasteiger partial charge is 0.385 e. The van der Waals surface area contributed by atoms with Crippen molar-refractivity contribution in [2.75, 3.05) is 18.5 Å². The minimum Gasteiger partial charge on any atom is -0.385 e. The van der Waals surface area contributed by atoms with Crippen molar-refractivity contribution < 1.29 is 4.39 Å². The maximum absolute atomic E-state index is 11.8. The fourth-order valence-electron chi connectivity index (χ4n) is 1.14.